The van der Waals surface area contributed by atoms with Crippen LogP contribution in [-0.2, 0) is 0 Å². The van der Waals surface area contributed by atoms with Crippen LogP contribution < -0.4 is 14.8 Å². The SMILES string of the molecule is COc1cc(I)c(C(=O)NC2CCN(C(C)C)CC2)cc1OC. The van der Waals surface area contributed by atoms with Gasteiger partial charge in [0.1, 0.15) is 0 Å². The Bertz CT molecular complexity index is 555. The number of benzene rings is 1. The van der Waals surface area contributed by atoms with Gasteiger partial charge in [0, 0.05) is 28.7 Å². The summed E-state index contributed by atoms with van der Waals surface area (Å²) < 4.78 is 11.4. The molecule has 0 spiro atoms. The van der Waals surface area contributed by atoms with Crippen LogP contribution in [0.2, 0.25) is 0 Å². The Morgan fingerprint density at radius 3 is 2.30 bits per heavy atom. The molecular weight excluding hydrogens is 407 g/mol. The molecule has 2 rings (SSSR count). The monoisotopic (exact) mass is 432 g/mol. The van der Waals surface area contributed by atoms with Gasteiger partial charge in [-0.25, -0.2) is 0 Å². The number of ether oxygens (including phenoxy) is 2. The first-order valence-corrected chi connectivity index (χ1v) is 9.00. The van der Waals surface area contributed by atoms with Crippen molar-refractivity contribution in [1.29, 1.82) is 0 Å². The third kappa shape index (κ3) is 4.50. The average molecular weight is 432 g/mol. The van der Waals surface area contributed by atoms with Crippen LogP contribution in [0, 0.1) is 3.57 Å². The highest BCUT2D eigenvalue weighted by molar-refractivity contribution is 14.1. The number of halogens is 1. The minimum atomic E-state index is -0.0432. The molecule has 1 aliphatic heterocycles. The lowest BCUT2D eigenvalue weighted by molar-refractivity contribution is 0.0899. The van der Waals surface area contributed by atoms with E-state index in [1.54, 1.807) is 20.3 Å². The fourth-order valence-electron chi connectivity index (χ4n) is 2.85. The van der Waals surface area contributed by atoms with E-state index in [4.69, 9.17) is 9.47 Å². The number of piperidine rings is 1. The van der Waals surface area contributed by atoms with E-state index < -0.39 is 0 Å². The van der Waals surface area contributed by atoms with Gasteiger partial charge in [0.15, 0.2) is 11.5 Å². The molecule has 0 aliphatic carbocycles. The van der Waals surface area contributed by atoms with E-state index in [0.717, 1.165) is 29.5 Å². The maximum Gasteiger partial charge on any atom is 0.252 e. The van der Waals surface area contributed by atoms with Crippen molar-refractivity contribution in [1.82, 2.24) is 10.2 Å². The molecule has 1 N–H and O–H groups in total. The summed E-state index contributed by atoms with van der Waals surface area (Å²) in [5.74, 6) is 1.17. The van der Waals surface area contributed by atoms with Crippen molar-refractivity contribution >= 4 is 28.5 Å². The number of methoxy groups -OCH3 is 2. The predicted octanol–water partition coefficient (Wildman–Crippen LogP) is 2.91. The molecule has 0 bridgehead atoms. The summed E-state index contributed by atoms with van der Waals surface area (Å²) in [5.41, 5.74) is 0.634. The summed E-state index contributed by atoms with van der Waals surface area (Å²) in [7, 11) is 3.17. The van der Waals surface area contributed by atoms with Crippen LogP contribution in [0.4, 0.5) is 0 Å². The molecule has 5 nitrogen and oxygen atoms in total. The van der Waals surface area contributed by atoms with E-state index in [1.807, 2.05) is 6.07 Å². The Hall–Kier alpha value is -1.02. The summed E-state index contributed by atoms with van der Waals surface area (Å²) in [5, 5.41) is 3.16. The van der Waals surface area contributed by atoms with E-state index in [9.17, 15) is 4.79 Å². The van der Waals surface area contributed by atoms with Crippen LogP contribution in [0.3, 0.4) is 0 Å². The smallest absolute Gasteiger partial charge is 0.252 e. The largest absolute Gasteiger partial charge is 0.493 e. The van der Waals surface area contributed by atoms with Crippen molar-refractivity contribution < 1.29 is 14.3 Å². The Morgan fingerprint density at radius 2 is 1.78 bits per heavy atom. The van der Waals surface area contributed by atoms with Crippen molar-refractivity contribution in [2.75, 3.05) is 27.3 Å². The van der Waals surface area contributed by atoms with Crippen molar-refractivity contribution in [3.8, 4) is 11.5 Å². The van der Waals surface area contributed by atoms with Crippen LogP contribution in [0.1, 0.15) is 37.0 Å². The third-order valence-electron chi connectivity index (χ3n) is 4.31. The van der Waals surface area contributed by atoms with Crippen molar-refractivity contribution in [2.24, 2.45) is 0 Å². The molecule has 1 aromatic carbocycles. The van der Waals surface area contributed by atoms with Gasteiger partial charge >= 0.3 is 0 Å². The highest BCUT2D eigenvalue weighted by Crippen LogP contribution is 2.31. The van der Waals surface area contributed by atoms with Crippen LogP contribution in [0.25, 0.3) is 0 Å². The molecule has 6 heteroatoms. The lowest BCUT2D eigenvalue weighted by Crippen LogP contribution is -2.46. The minimum Gasteiger partial charge on any atom is -0.493 e. The minimum absolute atomic E-state index is 0.0432. The molecule has 23 heavy (non-hydrogen) atoms. The number of nitrogens with zero attached hydrogens (tertiary/aromatic N) is 1. The van der Waals surface area contributed by atoms with Crippen LogP contribution >= 0.6 is 22.6 Å². The van der Waals surface area contributed by atoms with Gasteiger partial charge < -0.3 is 19.7 Å². The first-order chi connectivity index (χ1) is 11.0. The van der Waals surface area contributed by atoms with Gasteiger partial charge in [-0.3, -0.25) is 4.79 Å². The number of amides is 1. The average Bonchev–Trinajstić information content (AvgIpc) is 2.54. The van der Waals surface area contributed by atoms with Crippen LogP contribution in [0.5, 0.6) is 11.5 Å². The second-order valence-corrected chi connectivity index (χ2v) is 7.23. The topological polar surface area (TPSA) is 50.8 Å². The zero-order valence-electron chi connectivity index (χ0n) is 14.2. The maximum atomic E-state index is 12.6. The summed E-state index contributed by atoms with van der Waals surface area (Å²) in [6.45, 7) is 6.49. The van der Waals surface area contributed by atoms with Gasteiger partial charge in [0.05, 0.1) is 19.8 Å². The van der Waals surface area contributed by atoms with Crippen molar-refractivity contribution in [2.45, 2.75) is 38.8 Å². The van der Waals surface area contributed by atoms with E-state index in [-0.39, 0.29) is 11.9 Å². The normalized spacial score (nSPS) is 16.4. The van der Waals surface area contributed by atoms with E-state index >= 15 is 0 Å². The van der Waals surface area contributed by atoms with Crippen molar-refractivity contribution in [3.63, 3.8) is 0 Å². The molecule has 128 valence electrons. The first kappa shape index (κ1) is 18.3. The number of nitrogens with one attached hydrogen (secondary N) is 1. The summed E-state index contributed by atoms with van der Waals surface area (Å²) in [6.07, 6.45) is 1.99. The molecule has 1 fully saturated rings. The third-order valence-corrected chi connectivity index (χ3v) is 5.21. The Balaban J connectivity index is 2.04. The second kappa shape index (κ2) is 8.19. The molecule has 1 amide bonds. The number of hydrogen-bond donors (Lipinski definition) is 1. The quantitative estimate of drug-likeness (QED) is 0.728. The van der Waals surface area contributed by atoms with E-state index in [0.29, 0.717) is 23.1 Å². The predicted molar refractivity (Wildman–Crippen MR) is 99.5 cm³/mol. The van der Waals surface area contributed by atoms with Crippen LogP contribution in [0.15, 0.2) is 12.1 Å². The van der Waals surface area contributed by atoms with Crippen LogP contribution in [-0.4, -0.2) is 50.2 Å². The number of likely N-dealkylation sites (tertiary alicyclic amines) is 1. The molecule has 0 atom stereocenters. The Labute approximate surface area is 151 Å². The lowest BCUT2D eigenvalue weighted by Gasteiger charge is -2.34. The van der Waals surface area contributed by atoms with Crippen molar-refractivity contribution in [3.05, 3.63) is 21.3 Å². The zero-order valence-corrected chi connectivity index (χ0v) is 16.3. The first-order valence-electron chi connectivity index (χ1n) is 7.92. The van der Waals surface area contributed by atoms with E-state index in [2.05, 4.69) is 46.7 Å². The molecular formula is C17H25IN2O3. The maximum absolute atomic E-state index is 12.6. The molecule has 0 unspecified atom stereocenters. The molecule has 0 radical (unpaired) electrons. The number of carbonyl (C=O) groups is 1. The molecule has 0 saturated carbocycles. The molecule has 1 aliphatic rings. The summed E-state index contributed by atoms with van der Waals surface area (Å²) >= 11 is 2.16. The lowest BCUT2D eigenvalue weighted by atomic mass is 10.0. The Morgan fingerprint density at radius 1 is 1.22 bits per heavy atom. The number of rotatable bonds is 5. The highest BCUT2D eigenvalue weighted by Gasteiger charge is 2.23. The molecule has 1 heterocycles. The van der Waals surface area contributed by atoms with Gasteiger partial charge in [0.2, 0.25) is 0 Å². The fourth-order valence-corrected chi connectivity index (χ4v) is 3.54. The standard InChI is InChI=1S/C17H25IN2O3/c1-11(2)20-7-5-12(6-8-20)19-17(21)13-9-15(22-3)16(23-4)10-14(13)18/h9-12H,5-8H2,1-4H3,(H,19,21). The van der Waals surface area contributed by atoms with Gasteiger partial charge in [-0.15, -0.1) is 0 Å². The highest BCUT2D eigenvalue weighted by atomic mass is 127. The summed E-state index contributed by atoms with van der Waals surface area (Å²) in [6, 6.07) is 4.38. The van der Waals surface area contributed by atoms with Gasteiger partial charge in [0.25, 0.3) is 5.91 Å². The fraction of sp³-hybridized carbons (Fsp3) is 0.588. The van der Waals surface area contributed by atoms with Gasteiger partial charge in [-0.1, -0.05) is 0 Å². The molecule has 1 aromatic rings. The number of carbonyl (C=O) groups excluding carboxylic acids is 1. The second-order valence-electron chi connectivity index (χ2n) is 6.06. The summed E-state index contributed by atoms with van der Waals surface area (Å²) in [4.78, 5) is 15.0. The number of hydrogen-bond acceptors (Lipinski definition) is 4. The molecule has 0 aromatic heterocycles. The van der Waals surface area contributed by atoms with E-state index in [1.165, 1.54) is 0 Å². The Kier molecular flexibility index (Phi) is 6.52. The van der Waals surface area contributed by atoms with Gasteiger partial charge in [-0.2, -0.15) is 0 Å². The van der Waals surface area contributed by atoms with Gasteiger partial charge in [-0.05, 0) is 61.4 Å². The zero-order chi connectivity index (χ0) is 17.0. The molecule has 1 saturated heterocycles.